The van der Waals surface area contributed by atoms with Gasteiger partial charge in [0.15, 0.2) is 5.78 Å². The third-order valence-corrected chi connectivity index (χ3v) is 4.32. The molecule has 1 heterocycles. The number of benzene rings is 3. The summed E-state index contributed by atoms with van der Waals surface area (Å²) in [4.78, 5) is 23.7. The van der Waals surface area contributed by atoms with Crippen LogP contribution in [0, 0.1) is 10.1 Å². The molecule has 0 spiro atoms. The van der Waals surface area contributed by atoms with E-state index in [2.05, 4.69) is 0 Å². The summed E-state index contributed by atoms with van der Waals surface area (Å²) in [5, 5.41) is 11.3. The van der Waals surface area contributed by atoms with Crippen molar-refractivity contribution in [1.29, 1.82) is 0 Å². The highest BCUT2D eigenvalue weighted by atomic mass is 16.6. The van der Waals surface area contributed by atoms with Gasteiger partial charge in [-0.05, 0) is 11.6 Å². The van der Waals surface area contributed by atoms with Crippen molar-refractivity contribution in [2.45, 2.75) is 13.0 Å². The maximum Gasteiger partial charge on any atom is 0.276 e. The van der Waals surface area contributed by atoms with Crippen LogP contribution in [0.25, 0.3) is 0 Å². The van der Waals surface area contributed by atoms with E-state index in [0.717, 1.165) is 11.1 Å². The topological polar surface area (TPSA) is 78.7 Å². The Morgan fingerprint density at radius 3 is 2.52 bits per heavy atom. The van der Waals surface area contributed by atoms with Gasteiger partial charge in [0.1, 0.15) is 29.4 Å². The molecule has 3 aromatic carbocycles. The minimum atomic E-state index is -0.527. The van der Waals surface area contributed by atoms with Crippen molar-refractivity contribution in [3.05, 3.63) is 93.5 Å². The number of nitro benzene ring substituents is 1. The molecule has 134 valence electrons. The van der Waals surface area contributed by atoms with Crippen LogP contribution in [-0.4, -0.2) is 10.7 Å². The van der Waals surface area contributed by atoms with Gasteiger partial charge < -0.3 is 9.47 Å². The summed E-state index contributed by atoms with van der Waals surface area (Å²) in [5.41, 5.74) is 1.66. The van der Waals surface area contributed by atoms with E-state index in [0.29, 0.717) is 5.75 Å². The molecule has 0 bridgehead atoms. The van der Waals surface area contributed by atoms with E-state index in [1.807, 2.05) is 36.4 Å². The highest BCUT2D eigenvalue weighted by molar-refractivity contribution is 6.04. The van der Waals surface area contributed by atoms with Gasteiger partial charge in [-0.1, -0.05) is 48.5 Å². The molecule has 6 heteroatoms. The predicted octanol–water partition coefficient (Wildman–Crippen LogP) is 4.70. The molecule has 0 radical (unpaired) electrons. The van der Waals surface area contributed by atoms with E-state index in [4.69, 9.17) is 9.47 Å². The van der Waals surface area contributed by atoms with Crippen LogP contribution in [0.1, 0.15) is 21.5 Å². The summed E-state index contributed by atoms with van der Waals surface area (Å²) in [5.74, 6) is 0.607. The Morgan fingerprint density at radius 2 is 1.74 bits per heavy atom. The second-order valence-electron chi connectivity index (χ2n) is 6.16. The van der Waals surface area contributed by atoms with E-state index in [-0.39, 0.29) is 41.6 Å². The number of non-ortho nitro benzene ring substituents is 1. The van der Waals surface area contributed by atoms with Crippen LogP contribution < -0.4 is 9.47 Å². The summed E-state index contributed by atoms with van der Waals surface area (Å²) < 4.78 is 11.7. The Morgan fingerprint density at radius 1 is 1.00 bits per heavy atom. The first kappa shape index (κ1) is 16.8. The van der Waals surface area contributed by atoms with Crippen LogP contribution in [0.15, 0.2) is 66.7 Å². The number of rotatable bonds is 4. The van der Waals surface area contributed by atoms with Gasteiger partial charge in [0.2, 0.25) is 0 Å². The van der Waals surface area contributed by atoms with Crippen LogP contribution in [0.5, 0.6) is 17.2 Å². The highest BCUT2D eigenvalue weighted by Crippen LogP contribution is 2.41. The number of fused-ring (bicyclic) bond motifs is 2. The van der Waals surface area contributed by atoms with Gasteiger partial charge in [0.05, 0.1) is 17.1 Å². The number of hydrogen-bond acceptors (Lipinski definition) is 5. The number of carbonyl (C=O) groups excluding carboxylic acids is 1. The van der Waals surface area contributed by atoms with Crippen molar-refractivity contribution in [2.24, 2.45) is 0 Å². The number of nitro groups is 1. The molecule has 4 rings (SSSR count). The Kier molecular flexibility index (Phi) is 4.30. The summed E-state index contributed by atoms with van der Waals surface area (Å²) in [6.07, 6.45) is 0.142. The van der Waals surface area contributed by atoms with Gasteiger partial charge in [-0.25, -0.2) is 0 Å². The number of hydrogen-bond donors (Lipinski definition) is 0. The molecule has 27 heavy (non-hydrogen) atoms. The van der Waals surface area contributed by atoms with E-state index in [1.165, 1.54) is 12.1 Å². The molecule has 6 nitrogen and oxygen atoms in total. The maximum atomic E-state index is 12.9. The standard InChI is InChI=1S/C21H15NO5/c23-17-10-15-8-4-5-9-18(15)27-20-12-16(22(24)25)11-19(21(17)20)26-13-14-6-2-1-3-7-14/h1-9,11-12H,10,13H2. The molecular formula is C21H15NO5. The lowest BCUT2D eigenvalue weighted by atomic mass is 10.0. The predicted molar refractivity (Wildman–Crippen MR) is 98.4 cm³/mol. The molecule has 1 aliphatic rings. The fraction of sp³-hybridized carbons (Fsp3) is 0.0952. The number of para-hydroxylation sites is 1. The molecule has 0 amide bonds. The van der Waals surface area contributed by atoms with Crippen molar-refractivity contribution in [3.63, 3.8) is 0 Å². The van der Waals surface area contributed by atoms with Crippen LogP contribution in [0.3, 0.4) is 0 Å². The second kappa shape index (κ2) is 6.92. The smallest absolute Gasteiger partial charge is 0.276 e. The number of nitrogens with zero attached hydrogens (tertiary/aromatic N) is 1. The zero-order valence-electron chi connectivity index (χ0n) is 14.3. The van der Waals surface area contributed by atoms with Gasteiger partial charge in [-0.15, -0.1) is 0 Å². The minimum absolute atomic E-state index is 0.141. The summed E-state index contributed by atoms with van der Waals surface area (Å²) in [7, 11) is 0. The van der Waals surface area contributed by atoms with Crippen LogP contribution in [0.4, 0.5) is 5.69 Å². The highest BCUT2D eigenvalue weighted by Gasteiger charge is 2.28. The summed E-state index contributed by atoms with van der Waals surface area (Å²) >= 11 is 0. The number of carbonyl (C=O) groups is 1. The third kappa shape index (κ3) is 3.37. The van der Waals surface area contributed by atoms with E-state index >= 15 is 0 Å². The Hall–Kier alpha value is -3.67. The maximum absolute atomic E-state index is 12.9. The molecule has 3 aromatic rings. The Labute approximate surface area is 155 Å². The van der Waals surface area contributed by atoms with Crippen molar-refractivity contribution < 1.29 is 19.2 Å². The minimum Gasteiger partial charge on any atom is -0.488 e. The van der Waals surface area contributed by atoms with Gasteiger partial charge in [-0.2, -0.15) is 0 Å². The fourth-order valence-corrected chi connectivity index (χ4v) is 3.02. The zero-order valence-corrected chi connectivity index (χ0v) is 14.3. The van der Waals surface area contributed by atoms with Gasteiger partial charge in [0.25, 0.3) is 5.69 Å². The number of ketones is 1. The summed E-state index contributed by atoms with van der Waals surface area (Å²) in [6.45, 7) is 0.189. The van der Waals surface area contributed by atoms with Crippen LogP contribution in [-0.2, 0) is 13.0 Å². The van der Waals surface area contributed by atoms with E-state index in [9.17, 15) is 14.9 Å². The fourth-order valence-electron chi connectivity index (χ4n) is 3.02. The van der Waals surface area contributed by atoms with E-state index in [1.54, 1.807) is 18.2 Å². The normalized spacial score (nSPS) is 12.4. The first-order chi connectivity index (χ1) is 13.1. The lowest BCUT2D eigenvalue weighted by molar-refractivity contribution is -0.385. The second-order valence-corrected chi connectivity index (χ2v) is 6.16. The molecule has 0 N–H and O–H groups in total. The van der Waals surface area contributed by atoms with Gasteiger partial charge >= 0.3 is 0 Å². The number of ether oxygens (including phenoxy) is 2. The van der Waals surface area contributed by atoms with Gasteiger partial charge in [0, 0.05) is 12.0 Å². The third-order valence-electron chi connectivity index (χ3n) is 4.32. The lowest BCUT2D eigenvalue weighted by Gasteiger charge is -2.13. The molecule has 0 atom stereocenters. The van der Waals surface area contributed by atoms with Crippen molar-refractivity contribution >= 4 is 11.5 Å². The Balaban J connectivity index is 1.77. The molecule has 0 fully saturated rings. The SMILES string of the molecule is O=C1Cc2ccccc2Oc2cc([N+](=O)[O-])cc(OCc3ccccc3)c21. The first-order valence-corrected chi connectivity index (χ1v) is 8.40. The zero-order chi connectivity index (χ0) is 18.8. The quantitative estimate of drug-likeness (QED) is 0.497. The summed E-state index contributed by atoms with van der Waals surface area (Å²) in [6, 6.07) is 19.1. The molecular weight excluding hydrogens is 346 g/mol. The molecule has 0 unspecified atom stereocenters. The van der Waals surface area contributed by atoms with Crippen LogP contribution in [0.2, 0.25) is 0 Å². The molecule has 0 aromatic heterocycles. The number of Topliss-reactive ketones (excluding diaryl/α,β-unsaturated/α-hetero) is 1. The van der Waals surface area contributed by atoms with Crippen LogP contribution >= 0.6 is 0 Å². The Bertz CT molecular complexity index is 1030. The average molecular weight is 361 g/mol. The molecule has 0 aliphatic carbocycles. The monoisotopic (exact) mass is 361 g/mol. The van der Waals surface area contributed by atoms with Crippen molar-refractivity contribution in [3.8, 4) is 17.2 Å². The molecule has 0 saturated heterocycles. The first-order valence-electron chi connectivity index (χ1n) is 8.40. The molecule has 1 aliphatic heterocycles. The average Bonchev–Trinajstić information content (AvgIpc) is 2.82. The van der Waals surface area contributed by atoms with Crippen molar-refractivity contribution in [2.75, 3.05) is 0 Å². The largest absolute Gasteiger partial charge is 0.488 e. The molecule has 0 saturated carbocycles. The van der Waals surface area contributed by atoms with E-state index < -0.39 is 4.92 Å². The van der Waals surface area contributed by atoms with Crippen molar-refractivity contribution in [1.82, 2.24) is 0 Å². The lowest BCUT2D eigenvalue weighted by Crippen LogP contribution is -2.07. The van der Waals surface area contributed by atoms with Gasteiger partial charge in [-0.3, -0.25) is 14.9 Å².